The van der Waals surface area contributed by atoms with Gasteiger partial charge in [0.15, 0.2) is 0 Å². The van der Waals surface area contributed by atoms with E-state index in [2.05, 4.69) is 5.32 Å². The fourth-order valence-corrected chi connectivity index (χ4v) is 2.27. The van der Waals surface area contributed by atoms with E-state index in [4.69, 9.17) is 10.8 Å². The molecule has 1 fully saturated rings. The van der Waals surface area contributed by atoms with E-state index in [1.807, 2.05) is 0 Å². The first-order chi connectivity index (χ1) is 8.02. The molecule has 1 aliphatic rings. The Morgan fingerprint density at radius 3 is 2.47 bits per heavy atom. The zero-order valence-corrected chi connectivity index (χ0v) is 10.2. The molecule has 1 amide bonds. The molecule has 0 saturated heterocycles. The fraction of sp³-hybridized carbons (Fsp3) is 0.833. The zero-order valence-electron chi connectivity index (χ0n) is 10.2. The number of hydrogen-bond donors (Lipinski definition) is 3. The average Bonchev–Trinajstić information content (AvgIpc) is 2.63. The lowest BCUT2D eigenvalue weighted by atomic mass is 9.94. The number of carbonyl (C=O) groups excluding carboxylic acids is 1. The highest BCUT2D eigenvalue weighted by Crippen LogP contribution is 2.29. The third-order valence-corrected chi connectivity index (χ3v) is 3.25. The maximum absolute atomic E-state index is 11.6. The molecule has 0 radical (unpaired) electrons. The number of rotatable bonds is 7. The van der Waals surface area contributed by atoms with Gasteiger partial charge in [0.05, 0.1) is 0 Å². The molecule has 5 nitrogen and oxygen atoms in total. The number of aliphatic carboxylic acids is 1. The summed E-state index contributed by atoms with van der Waals surface area (Å²) in [5.74, 6) is -0.798. The van der Waals surface area contributed by atoms with Gasteiger partial charge in [-0.3, -0.25) is 9.59 Å². The van der Waals surface area contributed by atoms with E-state index in [1.165, 1.54) is 0 Å². The predicted molar refractivity (Wildman–Crippen MR) is 64.5 cm³/mol. The second kappa shape index (κ2) is 6.59. The molecule has 0 aromatic heterocycles. The van der Waals surface area contributed by atoms with Crippen molar-refractivity contribution in [2.75, 3.05) is 6.54 Å². The zero-order chi connectivity index (χ0) is 12.7. The summed E-state index contributed by atoms with van der Waals surface area (Å²) in [7, 11) is 0. The average molecular weight is 242 g/mol. The van der Waals surface area contributed by atoms with Crippen LogP contribution < -0.4 is 11.1 Å². The highest BCUT2D eigenvalue weighted by molar-refractivity contribution is 5.77. The number of hydrogen-bond acceptors (Lipinski definition) is 3. The van der Waals surface area contributed by atoms with E-state index < -0.39 is 5.97 Å². The monoisotopic (exact) mass is 242 g/mol. The van der Waals surface area contributed by atoms with Crippen molar-refractivity contribution in [1.82, 2.24) is 5.32 Å². The first-order valence-electron chi connectivity index (χ1n) is 6.29. The third-order valence-electron chi connectivity index (χ3n) is 3.25. The van der Waals surface area contributed by atoms with Gasteiger partial charge in [-0.05, 0) is 25.7 Å². The topological polar surface area (TPSA) is 92.4 Å². The molecule has 0 bridgehead atoms. The fourth-order valence-electron chi connectivity index (χ4n) is 2.27. The Labute approximate surface area is 102 Å². The number of carboxylic acid groups (broad SMARTS) is 1. The number of nitrogens with one attached hydrogen (secondary N) is 1. The van der Waals surface area contributed by atoms with Crippen LogP contribution in [0.5, 0.6) is 0 Å². The van der Waals surface area contributed by atoms with Crippen molar-refractivity contribution >= 4 is 11.9 Å². The molecule has 1 aliphatic carbocycles. The van der Waals surface area contributed by atoms with Crippen LogP contribution in [-0.4, -0.2) is 29.1 Å². The van der Waals surface area contributed by atoms with Gasteiger partial charge in [0, 0.05) is 24.9 Å². The molecule has 5 heteroatoms. The SMILES string of the molecule is NC1(CC(=O)NCCCCC(=O)O)CCCC1. The second-order valence-electron chi connectivity index (χ2n) is 4.95. The van der Waals surface area contributed by atoms with Crippen LogP contribution in [0, 0.1) is 0 Å². The van der Waals surface area contributed by atoms with Gasteiger partial charge in [0.25, 0.3) is 0 Å². The minimum absolute atomic E-state index is 0.00951. The highest BCUT2D eigenvalue weighted by atomic mass is 16.4. The van der Waals surface area contributed by atoms with Crippen molar-refractivity contribution in [2.24, 2.45) is 5.73 Å². The van der Waals surface area contributed by atoms with Crippen LogP contribution in [0.25, 0.3) is 0 Å². The molecule has 4 N–H and O–H groups in total. The van der Waals surface area contributed by atoms with E-state index >= 15 is 0 Å². The maximum Gasteiger partial charge on any atom is 0.303 e. The van der Waals surface area contributed by atoms with Gasteiger partial charge in [-0.25, -0.2) is 0 Å². The standard InChI is InChI=1S/C12H22N2O3/c13-12(6-2-3-7-12)9-10(15)14-8-4-1-5-11(16)17/h1-9,13H2,(H,14,15)(H,16,17). The van der Waals surface area contributed by atoms with Crippen molar-refractivity contribution in [1.29, 1.82) is 0 Å². The summed E-state index contributed by atoms with van der Waals surface area (Å²) in [5.41, 5.74) is 5.79. The molecule has 0 aliphatic heterocycles. The van der Waals surface area contributed by atoms with Crippen LogP contribution in [0.15, 0.2) is 0 Å². The third kappa shape index (κ3) is 5.68. The van der Waals surface area contributed by atoms with E-state index in [0.29, 0.717) is 25.8 Å². The second-order valence-corrected chi connectivity index (χ2v) is 4.95. The lowest BCUT2D eigenvalue weighted by molar-refractivity contribution is -0.137. The van der Waals surface area contributed by atoms with E-state index in [0.717, 1.165) is 25.7 Å². The minimum Gasteiger partial charge on any atom is -0.481 e. The number of carboxylic acids is 1. The first kappa shape index (κ1) is 14.0. The Kier molecular flexibility index (Phi) is 5.41. The molecule has 0 aromatic rings. The summed E-state index contributed by atoms with van der Waals surface area (Å²) >= 11 is 0. The van der Waals surface area contributed by atoms with Crippen LogP contribution >= 0.6 is 0 Å². The van der Waals surface area contributed by atoms with Crippen LogP contribution in [0.3, 0.4) is 0 Å². The van der Waals surface area contributed by atoms with Crippen LogP contribution in [0.4, 0.5) is 0 Å². The van der Waals surface area contributed by atoms with Gasteiger partial charge >= 0.3 is 5.97 Å². The van der Waals surface area contributed by atoms with E-state index in [9.17, 15) is 9.59 Å². The molecular formula is C12H22N2O3. The Bertz CT molecular complexity index is 273. The molecule has 17 heavy (non-hydrogen) atoms. The molecule has 0 spiro atoms. The van der Waals surface area contributed by atoms with Crippen molar-refractivity contribution < 1.29 is 14.7 Å². The smallest absolute Gasteiger partial charge is 0.303 e. The lowest BCUT2D eigenvalue weighted by Gasteiger charge is -2.22. The maximum atomic E-state index is 11.6. The normalized spacial score (nSPS) is 17.9. The van der Waals surface area contributed by atoms with Gasteiger partial charge in [0.2, 0.25) is 5.91 Å². The molecule has 98 valence electrons. The molecule has 1 saturated carbocycles. The summed E-state index contributed by atoms with van der Waals surface area (Å²) in [6.07, 6.45) is 5.95. The van der Waals surface area contributed by atoms with Crippen molar-refractivity contribution in [2.45, 2.75) is 56.9 Å². The van der Waals surface area contributed by atoms with Crippen molar-refractivity contribution in [3.8, 4) is 0 Å². The number of amides is 1. The van der Waals surface area contributed by atoms with E-state index in [1.54, 1.807) is 0 Å². The number of unbranched alkanes of at least 4 members (excludes halogenated alkanes) is 1. The number of carbonyl (C=O) groups is 2. The largest absolute Gasteiger partial charge is 0.481 e. The molecule has 0 atom stereocenters. The van der Waals surface area contributed by atoms with Crippen LogP contribution in [0.2, 0.25) is 0 Å². The Morgan fingerprint density at radius 2 is 1.88 bits per heavy atom. The number of nitrogens with two attached hydrogens (primary N) is 1. The quantitative estimate of drug-likeness (QED) is 0.581. The lowest BCUT2D eigenvalue weighted by Crippen LogP contribution is -2.42. The van der Waals surface area contributed by atoms with Gasteiger partial charge in [-0.2, -0.15) is 0 Å². The van der Waals surface area contributed by atoms with Gasteiger partial charge in [0.1, 0.15) is 0 Å². The predicted octanol–water partition coefficient (Wildman–Crippen LogP) is 1.02. The van der Waals surface area contributed by atoms with Crippen LogP contribution in [-0.2, 0) is 9.59 Å². The first-order valence-corrected chi connectivity index (χ1v) is 6.29. The van der Waals surface area contributed by atoms with Gasteiger partial charge in [-0.1, -0.05) is 12.8 Å². The highest BCUT2D eigenvalue weighted by Gasteiger charge is 2.31. The summed E-state index contributed by atoms with van der Waals surface area (Å²) < 4.78 is 0. The van der Waals surface area contributed by atoms with Crippen LogP contribution in [0.1, 0.15) is 51.4 Å². The molecule has 0 unspecified atom stereocenters. The van der Waals surface area contributed by atoms with Crippen molar-refractivity contribution in [3.05, 3.63) is 0 Å². The molecule has 1 rings (SSSR count). The van der Waals surface area contributed by atoms with Gasteiger partial charge in [-0.15, -0.1) is 0 Å². The minimum atomic E-state index is -0.789. The summed E-state index contributed by atoms with van der Waals surface area (Å²) in [5, 5.41) is 11.2. The summed E-state index contributed by atoms with van der Waals surface area (Å²) in [6.45, 7) is 0.544. The summed E-state index contributed by atoms with van der Waals surface area (Å²) in [4.78, 5) is 21.9. The Balaban J connectivity index is 2.07. The van der Waals surface area contributed by atoms with Gasteiger partial charge < -0.3 is 16.2 Å². The Hall–Kier alpha value is -1.10. The molecule has 0 heterocycles. The summed E-state index contributed by atoms with van der Waals surface area (Å²) in [6, 6.07) is 0. The Morgan fingerprint density at radius 1 is 1.24 bits per heavy atom. The molecule has 0 aromatic carbocycles. The van der Waals surface area contributed by atoms with Crippen molar-refractivity contribution in [3.63, 3.8) is 0 Å². The molecular weight excluding hydrogens is 220 g/mol. The van der Waals surface area contributed by atoms with E-state index in [-0.39, 0.29) is 17.9 Å².